The van der Waals surface area contributed by atoms with Crippen LogP contribution in [0.25, 0.3) is 5.82 Å². The van der Waals surface area contributed by atoms with Gasteiger partial charge in [-0.25, -0.2) is 4.98 Å². The van der Waals surface area contributed by atoms with Gasteiger partial charge in [0.15, 0.2) is 11.5 Å². The first-order chi connectivity index (χ1) is 13.7. The zero-order chi connectivity index (χ0) is 19.5. The fourth-order valence-electron chi connectivity index (χ4n) is 3.05. The van der Waals surface area contributed by atoms with Gasteiger partial charge in [-0.3, -0.25) is 4.79 Å². The van der Waals surface area contributed by atoms with Crippen LogP contribution >= 0.6 is 0 Å². The summed E-state index contributed by atoms with van der Waals surface area (Å²) in [5.41, 5.74) is 2.88. The van der Waals surface area contributed by atoms with Gasteiger partial charge < -0.3 is 19.7 Å². The van der Waals surface area contributed by atoms with Crippen LogP contribution in [0.1, 0.15) is 21.7 Å². The Hall–Kier alpha value is -3.08. The normalized spacial score (nSPS) is 12.9. The van der Waals surface area contributed by atoms with Gasteiger partial charge in [0.1, 0.15) is 0 Å². The highest BCUT2D eigenvalue weighted by atomic mass is 16.5. The summed E-state index contributed by atoms with van der Waals surface area (Å²) in [6.07, 6.45) is 2.09. The van der Waals surface area contributed by atoms with Gasteiger partial charge in [-0.1, -0.05) is 17.3 Å². The van der Waals surface area contributed by atoms with E-state index in [4.69, 9.17) is 9.39 Å². The number of hydrogen-bond donors (Lipinski definition) is 2. The molecule has 0 fully saturated rings. The van der Waals surface area contributed by atoms with E-state index in [0.29, 0.717) is 42.3 Å². The topological polar surface area (TPSA) is 111 Å². The average Bonchev–Trinajstić information content (AvgIpc) is 3.31. The number of hydrogen-bond acceptors (Lipinski definition) is 7. The van der Waals surface area contributed by atoms with E-state index < -0.39 is 13.0 Å². The minimum atomic E-state index is -0.978. The molecule has 10 heteroatoms. The molecule has 3 aromatic rings. The van der Waals surface area contributed by atoms with E-state index in [1.807, 2.05) is 12.1 Å². The number of carbonyl (C=O) groups is 1. The largest absolute Gasteiger partial charge is 0.491 e. The number of anilines is 1. The maximum atomic E-state index is 12.8. The Morgan fingerprint density at radius 1 is 1.39 bits per heavy atom. The van der Waals surface area contributed by atoms with Gasteiger partial charge in [0.2, 0.25) is 0 Å². The van der Waals surface area contributed by atoms with Crippen LogP contribution in [0.2, 0.25) is 0 Å². The van der Waals surface area contributed by atoms with Crippen molar-refractivity contribution in [3.63, 3.8) is 0 Å². The van der Waals surface area contributed by atoms with Crippen LogP contribution < -0.4 is 10.8 Å². The predicted molar refractivity (Wildman–Crippen MR) is 102 cm³/mol. The van der Waals surface area contributed by atoms with Crippen LogP contribution in [0.3, 0.4) is 0 Å². The maximum absolute atomic E-state index is 12.8. The second-order valence-electron chi connectivity index (χ2n) is 6.26. The molecule has 9 nitrogen and oxygen atoms in total. The summed E-state index contributed by atoms with van der Waals surface area (Å²) in [7, 11) is 0.612. The standard InChI is InChI=1S/C18H18BN5O4/c1-27-9-7-15-17(22-23-24(15)16-4-2-3-8-20-16)18(25)21-13-6-5-12-11-28-19(26)14(12)10-13/h2-6,8,10,26H,7,9,11H2,1H3,(H,21,25). The zero-order valence-electron chi connectivity index (χ0n) is 15.2. The molecular formula is C18H18BN5O4. The van der Waals surface area contributed by atoms with Crippen LogP contribution in [0.15, 0.2) is 42.6 Å². The van der Waals surface area contributed by atoms with E-state index in [-0.39, 0.29) is 5.69 Å². The van der Waals surface area contributed by atoms with Gasteiger partial charge in [-0.15, -0.1) is 5.10 Å². The Morgan fingerprint density at radius 2 is 2.29 bits per heavy atom. The van der Waals surface area contributed by atoms with Crippen molar-refractivity contribution in [1.82, 2.24) is 20.0 Å². The van der Waals surface area contributed by atoms with Crippen molar-refractivity contribution in [1.29, 1.82) is 0 Å². The van der Waals surface area contributed by atoms with Crippen LogP contribution in [-0.4, -0.2) is 51.7 Å². The Labute approximate surface area is 161 Å². The van der Waals surface area contributed by atoms with Crippen molar-refractivity contribution in [2.45, 2.75) is 13.0 Å². The van der Waals surface area contributed by atoms with Crippen molar-refractivity contribution in [3.8, 4) is 5.82 Å². The monoisotopic (exact) mass is 379 g/mol. The van der Waals surface area contributed by atoms with Crippen molar-refractivity contribution < 1.29 is 19.2 Å². The third kappa shape index (κ3) is 3.52. The molecule has 0 radical (unpaired) electrons. The number of benzene rings is 1. The highest BCUT2D eigenvalue weighted by molar-refractivity contribution is 6.61. The summed E-state index contributed by atoms with van der Waals surface area (Å²) < 4.78 is 11.9. The molecule has 2 N–H and O–H groups in total. The number of aromatic nitrogens is 4. The second kappa shape index (κ2) is 7.89. The van der Waals surface area contributed by atoms with Gasteiger partial charge in [-0.05, 0) is 35.3 Å². The Bertz CT molecular complexity index is 995. The van der Waals surface area contributed by atoms with Crippen LogP contribution in [0.4, 0.5) is 5.69 Å². The molecule has 0 unspecified atom stereocenters. The van der Waals surface area contributed by atoms with Crippen LogP contribution in [0, 0.1) is 0 Å². The molecule has 0 aliphatic carbocycles. The first-order valence-electron chi connectivity index (χ1n) is 8.76. The van der Waals surface area contributed by atoms with Gasteiger partial charge in [0.05, 0.1) is 18.9 Å². The van der Waals surface area contributed by atoms with Crippen molar-refractivity contribution >= 4 is 24.2 Å². The summed E-state index contributed by atoms with van der Waals surface area (Å²) in [5, 5.41) is 20.8. The molecule has 2 aromatic heterocycles. The molecule has 142 valence electrons. The summed E-state index contributed by atoms with van der Waals surface area (Å²) >= 11 is 0. The fourth-order valence-corrected chi connectivity index (χ4v) is 3.05. The molecule has 0 bridgehead atoms. The molecular weight excluding hydrogens is 361 g/mol. The van der Waals surface area contributed by atoms with Crippen molar-refractivity contribution in [2.24, 2.45) is 0 Å². The number of methoxy groups -OCH3 is 1. The molecule has 3 heterocycles. The SMILES string of the molecule is COCCc1c(C(=O)Nc2ccc3c(c2)B(O)OC3)nnn1-c1ccccn1. The number of pyridine rings is 1. The number of carbonyl (C=O) groups excluding carboxylic acids is 1. The molecule has 1 amide bonds. The molecule has 0 saturated heterocycles. The minimum absolute atomic E-state index is 0.194. The van der Waals surface area contributed by atoms with Crippen molar-refractivity contribution in [3.05, 3.63) is 59.5 Å². The quantitative estimate of drug-likeness (QED) is 0.594. The van der Waals surface area contributed by atoms with Gasteiger partial charge >= 0.3 is 7.12 Å². The van der Waals surface area contributed by atoms with E-state index in [1.165, 1.54) is 4.68 Å². The lowest BCUT2D eigenvalue weighted by molar-refractivity contribution is 0.102. The third-order valence-electron chi connectivity index (χ3n) is 4.45. The van der Waals surface area contributed by atoms with E-state index >= 15 is 0 Å². The minimum Gasteiger partial charge on any atom is -0.423 e. The van der Waals surface area contributed by atoms with Crippen LogP contribution in [-0.2, 0) is 22.4 Å². The molecule has 1 aliphatic rings. The Kier molecular flexibility index (Phi) is 5.15. The number of amides is 1. The maximum Gasteiger partial charge on any atom is 0.491 e. The van der Waals surface area contributed by atoms with Gasteiger partial charge in [-0.2, -0.15) is 4.68 Å². The van der Waals surface area contributed by atoms with E-state index in [9.17, 15) is 9.82 Å². The zero-order valence-corrected chi connectivity index (χ0v) is 15.2. The van der Waals surface area contributed by atoms with E-state index in [0.717, 1.165) is 5.56 Å². The number of ether oxygens (including phenoxy) is 1. The smallest absolute Gasteiger partial charge is 0.423 e. The summed E-state index contributed by atoms with van der Waals surface area (Å²) in [6.45, 7) is 0.757. The first kappa shape index (κ1) is 18.3. The number of fused-ring (bicyclic) bond motifs is 1. The molecule has 0 spiro atoms. The molecule has 4 rings (SSSR count). The summed E-state index contributed by atoms with van der Waals surface area (Å²) in [4.78, 5) is 17.1. The Morgan fingerprint density at radius 3 is 3.07 bits per heavy atom. The molecule has 0 atom stereocenters. The van der Waals surface area contributed by atoms with Gasteiger partial charge in [0, 0.05) is 25.4 Å². The number of nitrogens with zero attached hydrogens (tertiary/aromatic N) is 4. The fraction of sp³-hybridized carbons (Fsp3) is 0.222. The van der Waals surface area contributed by atoms with E-state index in [2.05, 4.69) is 20.6 Å². The highest BCUT2D eigenvalue weighted by Gasteiger charge is 2.28. The summed E-state index contributed by atoms with van der Waals surface area (Å²) in [5.74, 6) is 0.166. The predicted octanol–water partition coefficient (Wildman–Crippen LogP) is 0.321. The van der Waals surface area contributed by atoms with Crippen LogP contribution in [0.5, 0.6) is 0 Å². The molecule has 0 saturated carbocycles. The lowest BCUT2D eigenvalue weighted by atomic mass is 9.79. The molecule has 28 heavy (non-hydrogen) atoms. The highest BCUT2D eigenvalue weighted by Crippen LogP contribution is 2.17. The summed E-state index contributed by atoms with van der Waals surface area (Å²) in [6, 6.07) is 10.7. The lowest BCUT2D eigenvalue weighted by Gasteiger charge is -2.09. The lowest BCUT2D eigenvalue weighted by Crippen LogP contribution is -2.28. The third-order valence-corrected chi connectivity index (χ3v) is 4.45. The number of rotatable bonds is 6. The Balaban J connectivity index is 1.62. The second-order valence-corrected chi connectivity index (χ2v) is 6.26. The number of nitrogens with one attached hydrogen (secondary N) is 1. The molecule has 1 aromatic carbocycles. The first-order valence-corrected chi connectivity index (χ1v) is 8.76. The van der Waals surface area contributed by atoms with Crippen molar-refractivity contribution in [2.75, 3.05) is 19.0 Å². The van der Waals surface area contributed by atoms with E-state index in [1.54, 1.807) is 37.6 Å². The molecule has 1 aliphatic heterocycles. The average molecular weight is 379 g/mol. The van der Waals surface area contributed by atoms with Gasteiger partial charge in [0.25, 0.3) is 5.91 Å².